The number of nitrogens with one attached hydrogen (secondary N) is 2. The van der Waals surface area contributed by atoms with Crippen LogP contribution in [0.2, 0.25) is 0 Å². The molecule has 3 N–H and O–H groups in total. The van der Waals surface area contributed by atoms with Crippen molar-refractivity contribution in [3.63, 3.8) is 0 Å². The quantitative estimate of drug-likeness (QED) is 0.682. The maximum absolute atomic E-state index is 11.8. The van der Waals surface area contributed by atoms with E-state index in [0.29, 0.717) is 5.92 Å². The fourth-order valence-corrected chi connectivity index (χ4v) is 3.22. The van der Waals surface area contributed by atoms with E-state index >= 15 is 0 Å². The Kier molecular flexibility index (Phi) is 5.25. The highest BCUT2D eigenvalue weighted by molar-refractivity contribution is 5.74. The first-order valence-electron chi connectivity index (χ1n) is 7.51. The van der Waals surface area contributed by atoms with Gasteiger partial charge in [0.25, 0.3) is 0 Å². The average molecular weight is 266 g/mol. The van der Waals surface area contributed by atoms with Gasteiger partial charge in [-0.3, -0.25) is 0 Å². The lowest BCUT2D eigenvalue weighted by Gasteiger charge is -2.27. The summed E-state index contributed by atoms with van der Waals surface area (Å²) in [5.41, 5.74) is 0. The summed E-state index contributed by atoms with van der Waals surface area (Å²) in [6.45, 7) is 3.25. The van der Waals surface area contributed by atoms with Gasteiger partial charge in [0, 0.05) is 25.1 Å². The van der Waals surface area contributed by atoms with E-state index < -0.39 is 0 Å². The van der Waals surface area contributed by atoms with Crippen molar-refractivity contribution in [1.29, 1.82) is 0 Å². The van der Waals surface area contributed by atoms with Crippen LogP contribution in [0.15, 0.2) is 12.2 Å². The summed E-state index contributed by atoms with van der Waals surface area (Å²) in [4.78, 5) is 11.8. The predicted molar refractivity (Wildman–Crippen MR) is 75.8 cm³/mol. The third kappa shape index (κ3) is 4.53. The number of rotatable bonds is 4. The van der Waals surface area contributed by atoms with Gasteiger partial charge in [-0.15, -0.1) is 0 Å². The zero-order valence-electron chi connectivity index (χ0n) is 11.8. The lowest BCUT2D eigenvalue weighted by atomic mass is 9.82. The Bertz CT molecular complexity index is 330. The van der Waals surface area contributed by atoms with Crippen LogP contribution in [0.4, 0.5) is 4.79 Å². The molecule has 2 aliphatic carbocycles. The molecule has 4 nitrogen and oxygen atoms in total. The highest BCUT2D eigenvalue weighted by Gasteiger charge is 2.21. The molecule has 1 fully saturated rings. The number of amides is 2. The maximum atomic E-state index is 11.8. The number of aliphatic hydroxyl groups is 1. The lowest BCUT2D eigenvalue weighted by molar-refractivity contribution is 0.224. The fourth-order valence-electron chi connectivity index (χ4n) is 3.22. The summed E-state index contributed by atoms with van der Waals surface area (Å²) >= 11 is 0. The van der Waals surface area contributed by atoms with E-state index in [0.717, 1.165) is 18.9 Å². The molecule has 1 saturated carbocycles. The van der Waals surface area contributed by atoms with Crippen molar-refractivity contribution in [3.8, 4) is 0 Å². The Hall–Kier alpha value is -1.03. The van der Waals surface area contributed by atoms with Gasteiger partial charge in [-0.25, -0.2) is 4.79 Å². The van der Waals surface area contributed by atoms with E-state index in [2.05, 4.69) is 17.6 Å². The topological polar surface area (TPSA) is 61.4 Å². The van der Waals surface area contributed by atoms with E-state index in [9.17, 15) is 4.79 Å². The van der Waals surface area contributed by atoms with E-state index in [1.54, 1.807) is 0 Å². The van der Waals surface area contributed by atoms with Crippen molar-refractivity contribution in [1.82, 2.24) is 10.6 Å². The smallest absolute Gasteiger partial charge is 0.315 e. The third-order valence-electron chi connectivity index (χ3n) is 4.32. The largest absolute Gasteiger partial charge is 0.396 e. The van der Waals surface area contributed by atoms with Crippen LogP contribution in [0.1, 0.15) is 39.0 Å². The minimum absolute atomic E-state index is 0.0717. The minimum atomic E-state index is -0.0773. The molecule has 2 amide bonds. The Morgan fingerprint density at radius 3 is 2.84 bits per heavy atom. The van der Waals surface area contributed by atoms with Crippen LogP contribution < -0.4 is 10.6 Å². The van der Waals surface area contributed by atoms with Crippen molar-refractivity contribution in [2.24, 2.45) is 17.8 Å². The van der Waals surface area contributed by atoms with Gasteiger partial charge in [-0.1, -0.05) is 31.9 Å². The Morgan fingerprint density at radius 1 is 1.32 bits per heavy atom. The van der Waals surface area contributed by atoms with E-state index in [-0.39, 0.29) is 24.6 Å². The van der Waals surface area contributed by atoms with Gasteiger partial charge >= 0.3 is 6.03 Å². The van der Waals surface area contributed by atoms with Gasteiger partial charge in [0.1, 0.15) is 0 Å². The molecule has 4 heteroatoms. The van der Waals surface area contributed by atoms with Crippen molar-refractivity contribution in [2.45, 2.75) is 45.1 Å². The Morgan fingerprint density at radius 2 is 2.16 bits per heavy atom. The summed E-state index contributed by atoms with van der Waals surface area (Å²) in [6.07, 6.45) is 9.86. The molecule has 0 bridgehead atoms. The lowest BCUT2D eigenvalue weighted by Crippen LogP contribution is -2.43. The van der Waals surface area contributed by atoms with Crippen molar-refractivity contribution in [2.75, 3.05) is 13.2 Å². The summed E-state index contributed by atoms with van der Waals surface area (Å²) in [7, 11) is 0. The van der Waals surface area contributed by atoms with Gasteiger partial charge in [-0.05, 0) is 31.1 Å². The third-order valence-corrected chi connectivity index (χ3v) is 4.32. The second kappa shape index (κ2) is 6.94. The van der Waals surface area contributed by atoms with E-state index in [1.807, 2.05) is 12.2 Å². The maximum Gasteiger partial charge on any atom is 0.315 e. The fraction of sp³-hybridized carbons (Fsp3) is 0.800. The minimum Gasteiger partial charge on any atom is -0.396 e. The van der Waals surface area contributed by atoms with Crippen LogP contribution in [0, 0.1) is 17.8 Å². The standard InChI is InChI=1S/C15H26N2O2/c1-11-3-2-4-12(7-11)9-16-15(19)17-14-6-5-13(8-14)10-18/h5-6,11-14,18H,2-4,7-10H2,1H3,(H2,16,17,19)/t11?,12?,13-,14+/m0/s1. The van der Waals surface area contributed by atoms with Crippen LogP contribution in [0.25, 0.3) is 0 Å². The zero-order chi connectivity index (χ0) is 13.7. The highest BCUT2D eigenvalue weighted by atomic mass is 16.3. The molecule has 0 aromatic heterocycles. The van der Waals surface area contributed by atoms with Gasteiger partial charge in [0.2, 0.25) is 0 Å². The van der Waals surface area contributed by atoms with Crippen molar-refractivity contribution < 1.29 is 9.90 Å². The van der Waals surface area contributed by atoms with Crippen LogP contribution >= 0.6 is 0 Å². The Balaban J connectivity index is 1.63. The zero-order valence-corrected chi connectivity index (χ0v) is 11.8. The second-order valence-electron chi connectivity index (χ2n) is 6.16. The van der Waals surface area contributed by atoms with Crippen molar-refractivity contribution >= 4 is 6.03 Å². The highest BCUT2D eigenvalue weighted by Crippen LogP contribution is 2.27. The molecule has 0 saturated heterocycles. The number of carbonyl (C=O) groups excluding carboxylic acids is 1. The van der Waals surface area contributed by atoms with E-state index in [4.69, 9.17) is 5.11 Å². The molecule has 4 atom stereocenters. The van der Waals surface area contributed by atoms with Crippen LogP contribution in [-0.2, 0) is 0 Å². The molecule has 0 radical (unpaired) electrons. The van der Waals surface area contributed by atoms with Crippen LogP contribution in [0.5, 0.6) is 0 Å². The molecule has 108 valence electrons. The molecular weight excluding hydrogens is 240 g/mol. The monoisotopic (exact) mass is 266 g/mol. The molecule has 2 aliphatic rings. The molecule has 0 aliphatic heterocycles. The number of aliphatic hydroxyl groups excluding tert-OH is 1. The number of urea groups is 1. The molecule has 0 heterocycles. The van der Waals surface area contributed by atoms with Crippen LogP contribution in [-0.4, -0.2) is 30.3 Å². The number of hydrogen-bond acceptors (Lipinski definition) is 2. The number of carbonyl (C=O) groups is 1. The molecule has 19 heavy (non-hydrogen) atoms. The van der Waals surface area contributed by atoms with E-state index in [1.165, 1.54) is 25.7 Å². The normalized spacial score (nSPS) is 34.2. The second-order valence-corrected chi connectivity index (χ2v) is 6.16. The summed E-state index contributed by atoms with van der Waals surface area (Å²) in [5.74, 6) is 1.63. The van der Waals surface area contributed by atoms with Gasteiger partial charge in [-0.2, -0.15) is 0 Å². The average Bonchev–Trinajstić information content (AvgIpc) is 2.84. The van der Waals surface area contributed by atoms with Gasteiger partial charge < -0.3 is 15.7 Å². The first-order chi connectivity index (χ1) is 9.17. The molecular formula is C15H26N2O2. The predicted octanol–water partition coefficient (Wildman–Crippen LogP) is 2.05. The first-order valence-corrected chi connectivity index (χ1v) is 7.51. The summed E-state index contributed by atoms with van der Waals surface area (Å²) < 4.78 is 0. The number of hydrogen-bond donors (Lipinski definition) is 3. The van der Waals surface area contributed by atoms with Gasteiger partial charge in [0.05, 0.1) is 0 Å². The SMILES string of the molecule is CC1CCCC(CNC(=O)N[C@@H]2C=C[C@H](CO)C2)C1. The Labute approximate surface area is 115 Å². The molecule has 0 aromatic rings. The van der Waals surface area contributed by atoms with Gasteiger partial charge in [0.15, 0.2) is 0 Å². The summed E-state index contributed by atoms with van der Waals surface area (Å²) in [5, 5.41) is 15.0. The summed E-state index contributed by atoms with van der Waals surface area (Å²) in [6, 6.07) is -0.00565. The molecule has 0 aromatic carbocycles. The van der Waals surface area contributed by atoms with Crippen LogP contribution in [0.3, 0.4) is 0 Å². The molecule has 2 unspecified atom stereocenters. The van der Waals surface area contributed by atoms with Crippen molar-refractivity contribution in [3.05, 3.63) is 12.2 Å². The molecule has 0 spiro atoms. The first kappa shape index (κ1) is 14.4. The molecule has 2 rings (SSSR count).